The van der Waals surface area contributed by atoms with E-state index >= 15 is 0 Å². The topological polar surface area (TPSA) is 147 Å². The molecule has 2 fully saturated rings. The lowest BCUT2D eigenvalue weighted by atomic mass is 9.88. The molecule has 0 saturated carbocycles. The molecule has 3 aliphatic rings. The number of aliphatic hydroxyl groups excluding tert-OH is 1. The molecule has 0 radical (unpaired) electrons. The number of hydrogen-bond acceptors (Lipinski definition) is 9. The highest BCUT2D eigenvalue weighted by Crippen LogP contribution is 2.37. The van der Waals surface area contributed by atoms with Gasteiger partial charge in [-0.2, -0.15) is 4.31 Å². The summed E-state index contributed by atoms with van der Waals surface area (Å²) in [6, 6.07) is 7.94. The van der Waals surface area contributed by atoms with E-state index in [1.54, 1.807) is 16.4 Å². The number of rotatable bonds is 10. The Bertz CT molecular complexity index is 1410. The lowest BCUT2D eigenvalue weighted by Gasteiger charge is -2.38. The van der Waals surface area contributed by atoms with Gasteiger partial charge in [-0.3, -0.25) is 4.98 Å². The highest BCUT2D eigenvalue weighted by Gasteiger charge is 2.44. The van der Waals surface area contributed by atoms with Crippen LogP contribution in [0, 0.1) is 0 Å². The van der Waals surface area contributed by atoms with Gasteiger partial charge in [0.15, 0.2) is 0 Å². The van der Waals surface area contributed by atoms with E-state index in [0.717, 1.165) is 43.4 Å². The fraction of sp³-hybridized carbons (Fsp3) is 0.593. The minimum Gasteiger partial charge on any atom is -0.491 e. The summed E-state index contributed by atoms with van der Waals surface area (Å²) in [6.07, 6.45) is 6.62. The molecule has 40 heavy (non-hydrogen) atoms. The first kappa shape index (κ1) is 29.4. The first-order valence-electron chi connectivity index (χ1n) is 13.8. The molecule has 1 aromatic carbocycles. The Morgan fingerprint density at radius 3 is 2.70 bits per heavy atom. The van der Waals surface area contributed by atoms with Gasteiger partial charge < -0.3 is 19.9 Å². The van der Waals surface area contributed by atoms with E-state index in [1.165, 1.54) is 25.4 Å². The van der Waals surface area contributed by atoms with Crippen LogP contribution in [-0.4, -0.2) is 88.9 Å². The number of aryl methyl sites for hydroxylation is 2. The minimum absolute atomic E-state index is 0.000848. The van der Waals surface area contributed by atoms with Crippen molar-refractivity contribution < 1.29 is 31.4 Å². The second-order valence-electron chi connectivity index (χ2n) is 10.8. The van der Waals surface area contributed by atoms with E-state index in [0.29, 0.717) is 38.3 Å². The molecule has 2 aliphatic heterocycles. The SMILES string of the molecule is CNS(=O)(=O)c1cccc(OC[C@@H](O)CNC2COC3(CCN(S(=O)(=O)c4cnc5c(c4)CCCC5)CC3)C2)c1. The van der Waals surface area contributed by atoms with Gasteiger partial charge in [0.2, 0.25) is 20.0 Å². The van der Waals surface area contributed by atoms with Gasteiger partial charge in [-0.05, 0) is 75.8 Å². The van der Waals surface area contributed by atoms with Gasteiger partial charge in [-0.15, -0.1) is 0 Å². The Morgan fingerprint density at radius 1 is 1.15 bits per heavy atom. The predicted molar refractivity (Wildman–Crippen MR) is 148 cm³/mol. The Morgan fingerprint density at radius 2 is 1.93 bits per heavy atom. The number of nitrogens with one attached hydrogen (secondary N) is 2. The predicted octanol–water partition coefficient (Wildman–Crippen LogP) is 1.21. The number of aliphatic hydroxyl groups is 1. The van der Waals surface area contributed by atoms with Crippen molar-refractivity contribution in [1.29, 1.82) is 0 Å². The first-order valence-corrected chi connectivity index (χ1v) is 16.7. The molecule has 11 nitrogen and oxygen atoms in total. The number of nitrogens with zero attached hydrogens (tertiary/aromatic N) is 2. The third kappa shape index (κ3) is 6.51. The molecule has 2 atom stereocenters. The summed E-state index contributed by atoms with van der Waals surface area (Å²) < 4.78 is 66.2. The number of pyridine rings is 1. The molecule has 0 amide bonds. The van der Waals surface area contributed by atoms with Crippen LogP contribution < -0.4 is 14.8 Å². The molecule has 13 heteroatoms. The van der Waals surface area contributed by atoms with Crippen LogP contribution in [0.15, 0.2) is 46.3 Å². The molecule has 5 rings (SSSR count). The second kappa shape index (κ2) is 12.0. The zero-order valence-electron chi connectivity index (χ0n) is 22.7. The van der Waals surface area contributed by atoms with Gasteiger partial charge in [0, 0.05) is 43.6 Å². The lowest BCUT2D eigenvalue weighted by Crippen LogP contribution is -2.47. The smallest absolute Gasteiger partial charge is 0.244 e. The largest absolute Gasteiger partial charge is 0.491 e. The number of sulfonamides is 2. The van der Waals surface area contributed by atoms with Gasteiger partial charge >= 0.3 is 0 Å². The molecule has 220 valence electrons. The van der Waals surface area contributed by atoms with Crippen LogP contribution in [0.5, 0.6) is 5.75 Å². The molecular formula is C27H38N4O7S2. The normalized spacial score (nSPS) is 22.2. The summed E-state index contributed by atoms with van der Waals surface area (Å²) in [5.41, 5.74) is 1.70. The average Bonchev–Trinajstić information content (AvgIpc) is 3.37. The van der Waals surface area contributed by atoms with Crippen molar-refractivity contribution in [2.24, 2.45) is 0 Å². The zero-order valence-corrected chi connectivity index (χ0v) is 24.3. The molecule has 1 aliphatic carbocycles. The molecule has 1 aromatic heterocycles. The third-order valence-corrected chi connectivity index (χ3v) is 11.4. The monoisotopic (exact) mass is 594 g/mol. The number of benzene rings is 1. The van der Waals surface area contributed by atoms with E-state index < -0.39 is 26.2 Å². The molecule has 3 N–H and O–H groups in total. The van der Waals surface area contributed by atoms with E-state index in [4.69, 9.17) is 9.47 Å². The highest BCUT2D eigenvalue weighted by molar-refractivity contribution is 7.89. The van der Waals surface area contributed by atoms with Crippen molar-refractivity contribution in [3.05, 3.63) is 47.8 Å². The summed E-state index contributed by atoms with van der Waals surface area (Å²) in [5.74, 6) is 0.353. The van der Waals surface area contributed by atoms with Crippen LogP contribution in [-0.2, 0) is 37.6 Å². The Hall–Kier alpha value is -2.13. The van der Waals surface area contributed by atoms with Crippen molar-refractivity contribution in [3.8, 4) is 5.75 Å². The number of ether oxygens (including phenoxy) is 2. The molecule has 2 aromatic rings. The highest BCUT2D eigenvalue weighted by atomic mass is 32.2. The first-order chi connectivity index (χ1) is 19.1. The van der Waals surface area contributed by atoms with Crippen LogP contribution >= 0.6 is 0 Å². The Kier molecular flexibility index (Phi) is 8.81. The van der Waals surface area contributed by atoms with Crippen LogP contribution in [0.3, 0.4) is 0 Å². The lowest BCUT2D eigenvalue weighted by molar-refractivity contribution is -0.0312. The van der Waals surface area contributed by atoms with Crippen molar-refractivity contribution in [2.75, 3.05) is 39.9 Å². The van der Waals surface area contributed by atoms with E-state index in [-0.39, 0.29) is 34.6 Å². The molecule has 3 heterocycles. The number of hydrogen-bond donors (Lipinski definition) is 3. The number of aromatic nitrogens is 1. The summed E-state index contributed by atoms with van der Waals surface area (Å²) in [6.45, 7) is 1.55. The summed E-state index contributed by atoms with van der Waals surface area (Å²) >= 11 is 0. The third-order valence-electron chi connectivity index (χ3n) is 8.09. The Balaban J connectivity index is 1.08. The average molecular weight is 595 g/mol. The quantitative estimate of drug-likeness (QED) is 0.369. The second-order valence-corrected chi connectivity index (χ2v) is 14.7. The Labute approximate surface area is 236 Å². The molecular weight excluding hydrogens is 556 g/mol. The molecule has 1 unspecified atom stereocenters. The molecule has 1 spiro atoms. The fourth-order valence-electron chi connectivity index (χ4n) is 5.72. The van der Waals surface area contributed by atoms with Crippen LogP contribution in [0.4, 0.5) is 0 Å². The molecule has 0 bridgehead atoms. The zero-order chi connectivity index (χ0) is 28.4. The van der Waals surface area contributed by atoms with Crippen molar-refractivity contribution in [2.45, 2.75) is 72.5 Å². The van der Waals surface area contributed by atoms with E-state index in [2.05, 4.69) is 15.0 Å². The van der Waals surface area contributed by atoms with Gasteiger partial charge in [0.05, 0.1) is 17.1 Å². The number of fused-ring (bicyclic) bond motifs is 1. The number of piperidine rings is 1. The van der Waals surface area contributed by atoms with Crippen LogP contribution in [0.1, 0.15) is 43.4 Å². The van der Waals surface area contributed by atoms with Crippen LogP contribution in [0.25, 0.3) is 0 Å². The summed E-state index contributed by atoms with van der Waals surface area (Å²) in [7, 11) is -5.84. The molecule has 2 saturated heterocycles. The van der Waals surface area contributed by atoms with Gasteiger partial charge in [-0.1, -0.05) is 6.07 Å². The standard InChI is InChI=1S/C27H38N4O7S2/c1-28-39(33,34)24-7-4-6-23(14-24)37-19-22(32)16-29-21-15-27(38-18-21)9-11-31(12-10-27)40(35,36)25-13-20-5-2-3-8-26(20)30-17-25/h4,6-7,13-14,17,21-22,28-29,32H,2-3,5,8-12,15-16,18-19H2,1H3/t21?,22-/m0/s1. The van der Waals surface area contributed by atoms with E-state index in [9.17, 15) is 21.9 Å². The van der Waals surface area contributed by atoms with Crippen molar-refractivity contribution >= 4 is 20.0 Å². The van der Waals surface area contributed by atoms with Gasteiger partial charge in [-0.25, -0.2) is 21.6 Å². The van der Waals surface area contributed by atoms with Crippen molar-refractivity contribution in [3.63, 3.8) is 0 Å². The van der Waals surface area contributed by atoms with Crippen molar-refractivity contribution in [1.82, 2.24) is 19.3 Å². The fourth-order valence-corrected chi connectivity index (χ4v) is 7.92. The minimum atomic E-state index is -3.60. The maximum absolute atomic E-state index is 13.3. The van der Waals surface area contributed by atoms with E-state index in [1.807, 2.05) is 6.07 Å². The van der Waals surface area contributed by atoms with Crippen LogP contribution in [0.2, 0.25) is 0 Å². The van der Waals surface area contributed by atoms with Gasteiger partial charge in [0.25, 0.3) is 0 Å². The van der Waals surface area contributed by atoms with Gasteiger partial charge in [0.1, 0.15) is 23.4 Å². The summed E-state index contributed by atoms with van der Waals surface area (Å²) in [5, 5.41) is 13.7. The summed E-state index contributed by atoms with van der Waals surface area (Å²) in [4.78, 5) is 4.82. The maximum atomic E-state index is 13.3. The maximum Gasteiger partial charge on any atom is 0.244 e.